The lowest BCUT2D eigenvalue weighted by molar-refractivity contribution is -0.896. The van der Waals surface area contributed by atoms with E-state index in [2.05, 4.69) is 47.5 Å². The van der Waals surface area contributed by atoms with Gasteiger partial charge in [-0.3, -0.25) is 0 Å². The molecule has 0 saturated carbocycles. The van der Waals surface area contributed by atoms with Crippen molar-refractivity contribution < 1.29 is 9.32 Å². The normalized spacial score (nSPS) is 11.6. The molecule has 0 aromatic carbocycles. The minimum Gasteiger partial charge on any atom is -0.467 e. The van der Waals surface area contributed by atoms with Crippen molar-refractivity contribution in [3.63, 3.8) is 0 Å². The van der Waals surface area contributed by atoms with Crippen molar-refractivity contribution in [2.24, 2.45) is 0 Å². The first kappa shape index (κ1) is 18.5. The van der Waals surface area contributed by atoms with E-state index in [-0.39, 0.29) is 0 Å². The fraction of sp³-hybridized carbons (Fsp3) is 0.500. The second kappa shape index (κ2) is 8.36. The number of hydrogen-bond acceptors (Lipinski definition) is 4. The van der Waals surface area contributed by atoms with Gasteiger partial charge in [-0.25, -0.2) is 9.97 Å². The van der Waals surface area contributed by atoms with Crippen molar-refractivity contribution in [2.75, 3.05) is 31.5 Å². The van der Waals surface area contributed by atoms with Crippen LogP contribution in [0.1, 0.15) is 37.3 Å². The molecule has 0 aliphatic carbocycles. The SMILES string of the molecule is CC[NH+](CC)CCCNc1ncnc2c1c(C)c(C)n2Cc1ccco1. The van der Waals surface area contributed by atoms with Crippen LogP contribution in [-0.2, 0) is 6.54 Å². The minimum atomic E-state index is 0.685. The van der Waals surface area contributed by atoms with E-state index >= 15 is 0 Å². The number of aryl methyl sites for hydroxylation is 1. The Hall–Kier alpha value is -2.34. The van der Waals surface area contributed by atoms with E-state index in [0.717, 1.165) is 35.6 Å². The maximum absolute atomic E-state index is 5.52. The summed E-state index contributed by atoms with van der Waals surface area (Å²) in [4.78, 5) is 10.7. The third kappa shape index (κ3) is 3.75. The molecule has 6 nitrogen and oxygen atoms in total. The average molecular weight is 356 g/mol. The Morgan fingerprint density at radius 1 is 1.19 bits per heavy atom. The van der Waals surface area contributed by atoms with Crippen LogP contribution in [0, 0.1) is 13.8 Å². The van der Waals surface area contributed by atoms with E-state index in [4.69, 9.17) is 4.42 Å². The Bertz CT molecular complexity index is 834. The quantitative estimate of drug-likeness (QED) is 0.578. The fourth-order valence-electron chi connectivity index (χ4n) is 3.50. The predicted octanol–water partition coefficient (Wildman–Crippen LogP) is 2.42. The highest BCUT2D eigenvalue weighted by Crippen LogP contribution is 2.29. The number of hydrogen-bond donors (Lipinski definition) is 2. The number of quaternary nitrogens is 1. The third-order valence-corrected chi connectivity index (χ3v) is 5.30. The van der Waals surface area contributed by atoms with Crippen LogP contribution in [0.15, 0.2) is 29.1 Å². The molecule has 3 aromatic rings. The van der Waals surface area contributed by atoms with Crippen molar-refractivity contribution in [1.29, 1.82) is 0 Å². The summed E-state index contributed by atoms with van der Waals surface area (Å²) >= 11 is 0. The number of nitrogens with zero attached hydrogens (tertiary/aromatic N) is 3. The van der Waals surface area contributed by atoms with Crippen molar-refractivity contribution in [1.82, 2.24) is 14.5 Å². The lowest BCUT2D eigenvalue weighted by Crippen LogP contribution is -3.11. The molecule has 0 bridgehead atoms. The Morgan fingerprint density at radius 2 is 2.00 bits per heavy atom. The van der Waals surface area contributed by atoms with Gasteiger partial charge in [0.05, 0.1) is 37.8 Å². The zero-order valence-corrected chi connectivity index (χ0v) is 16.3. The van der Waals surface area contributed by atoms with Crippen LogP contribution in [0.4, 0.5) is 5.82 Å². The van der Waals surface area contributed by atoms with Crippen LogP contribution in [0.25, 0.3) is 11.0 Å². The van der Waals surface area contributed by atoms with Gasteiger partial charge in [0.1, 0.15) is 23.6 Å². The topological polar surface area (TPSA) is 60.3 Å². The van der Waals surface area contributed by atoms with E-state index < -0.39 is 0 Å². The number of furan rings is 1. The molecule has 140 valence electrons. The number of rotatable bonds is 9. The van der Waals surface area contributed by atoms with Gasteiger partial charge in [-0.1, -0.05) is 0 Å². The van der Waals surface area contributed by atoms with Gasteiger partial charge in [-0.05, 0) is 45.4 Å². The van der Waals surface area contributed by atoms with E-state index in [1.807, 2.05) is 12.1 Å². The molecular weight excluding hydrogens is 326 g/mol. The van der Waals surface area contributed by atoms with E-state index in [1.54, 1.807) is 17.5 Å². The van der Waals surface area contributed by atoms with Gasteiger partial charge in [0.25, 0.3) is 0 Å². The molecule has 0 fully saturated rings. The van der Waals surface area contributed by atoms with Gasteiger partial charge in [0, 0.05) is 18.7 Å². The molecule has 0 saturated heterocycles. The van der Waals surface area contributed by atoms with Crippen LogP contribution in [-0.4, -0.2) is 40.7 Å². The molecule has 3 aromatic heterocycles. The van der Waals surface area contributed by atoms with E-state index in [9.17, 15) is 0 Å². The highest BCUT2D eigenvalue weighted by atomic mass is 16.3. The summed E-state index contributed by atoms with van der Waals surface area (Å²) in [6.07, 6.45) is 4.49. The number of aromatic nitrogens is 3. The zero-order chi connectivity index (χ0) is 18.5. The molecule has 0 aliphatic rings. The number of anilines is 1. The molecule has 0 aliphatic heterocycles. The van der Waals surface area contributed by atoms with Crippen molar-refractivity contribution in [2.45, 2.75) is 40.7 Å². The molecule has 0 radical (unpaired) electrons. The second-order valence-electron chi connectivity index (χ2n) is 6.78. The number of fused-ring (bicyclic) bond motifs is 1. The Kier molecular flexibility index (Phi) is 5.93. The van der Waals surface area contributed by atoms with Crippen LogP contribution in [0.5, 0.6) is 0 Å². The van der Waals surface area contributed by atoms with Crippen molar-refractivity contribution in [3.8, 4) is 0 Å². The summed E-state index contributed by atoms with van der Waals surface area (Å²) in [7, 11) is 0. The Labute approximate surface area is 155 Å². The maximum atomic E-state index is 5.52. The van der Waals surface area contributed by atoms with Gasteiger partial charge in [0.15, 0.2) is 0 Å². The summed E-state index contributed by atoms with van der Waals surface area (Å²) in [6, 6.07) is 3.92. The summed E-state index contributed by atoms with van der Waals surface area (Å²) < 4.78 is 7.73. The van der Waals surface area contributed by atoms with Crippen LogP contribution in [0.3, 0.4) is 0 Å². The standard InChI is InChI=1S/C20H29N5O/c1-5-24(6-2)11-8-10-21-19-18-15(3)16(4)25(20(18)23-14-22-19)13-17-9-7-12-26-17/h7,9,12,14H,5-6,8,10-11,13H2,1-4H3,(H,21,22,23)/p+1. The molecule has 2 N–H and O–H groups in total. The van der Waals surface area contributed by atoms with Crippen LogP contribution in [0.2, 0.25) is 0 Å². The van der Waals surface area contributed by atoms with E-state index in [1.165, 1.54) is 30.9 Å². The van der Waals surface area contributed by atoms with Gasteiger partial charge >= 0.3 is 0 Å². The molecule has 0 unspecified atom stereocenters. The molecule has 26 heavy (non-hydrogen) atoms. The first-order valence-corrected chi connectivity index (χ1v) is 9.55. The largest absolute Gasteiger partial charge is 0.467 e. The van der Waals surface area contributed by atoms with Gasteiger partial charge in [-0.2, -0.15) is 0 Å². The lowest BCUT2D eigenvalue weighted by Gasteiger charge is -2.15. The minimum absolute atomic E-state index is 0.685. The first-order valence-electron chi connectivity index (χ1n) is 9.55. The lowest BCUT2D eigenvalue weighted by atomic mass is 10.2. The second-order valence-corrected chi connectivity index (χ2v) is 6.78. The van der Waals surface area contributed by atoms with Gasteiger partial charge in [0.2, 0.25) is 0 Å². The molecular formula is C20H30N5O+. The summed E-state index contributed by atoms with van der Waals surface area (Å²) in [5, 5.41) is 4.65. The molecule has 3 rings (SSSR count). The molecule has 6 heteroatoms. The van der Waals surface area contributed by atoms with Crippen LogP contribution >= 0.6 is 0 Å². The van der Waals surface area contributed by atoms with Crippen molar-refractivity contribution >= 4 is 16.9 Å². The predicted molar refractivity (Wildman–Crippen MR) is 105 cm³/mol. The molecule has 0 amide bonds. The average Bonchev–Trinajstić information content (AvgIpc) is 3.25. The monoisotopic (exact) mass is 356 g/mol. The highest BCUT2D eigenvalue weighted by molar-refractivity contribution is 5.91. The summed E-state index contributed by atoms with van der Waals surface area (Å²) in [5.41, 5.74) is 3.39. The number of nitrogens with one attached hydrogen (secondary N) is 2. The van der Waals surface area contributed by atoms with Crippen molar-refractivity contribution in [3.05, 3.63) is 41.7 Å². The summed E-state index contributed by atoms with van der Waals surface area (Å²) in [5.74, 6) is 1.86. The smallest absolute Gasteiger partial charge is 0.146 e. The summed E-state index contributed by atoms with van der Waals surface area (Å²) in [6.45, 7) is 13.9. The fourth-order valence-corrected chi connectivity index (χ4v) is 3.50. The van der Waals surface area contributed by atoms with E-state index in [0.29, 0.717) is 6.54 Å². The maximum Gasteiger partial charge on any atom is 0.146 e. The first-order chi connectivity index (χ1) is 12.7. The van der Waals surface area contributed by atoms with Crippen LogP contribution < -0.4 is 10.2 Å². The highest BCUT2D eigenvalue weighted by Gasteiger charge is 2.17. The Morgan fingerprint density at radius 3 is 2.69 bits per heavy atom. The van der Waals surface area contributed by atoms with Gasteiger partial charge in [-0.15, -0.1) is 0 Å². The molecule has 0 spiro atoms. The Balaban J connectivity index is 1.79. The molecule has 3 heterocycles. The zero-order valence-electron chi connectivity index (χ0n) is 16.3. The third-order valence-electron chi connectivity index (χ3n) is 5.30. The van der Waals surface area contributed by atoms with Gasteiger partial charge < -0.3 is 19.2 Å². The molecule has 0 atom stereocenters.